The summed E-state index contributed by atoms with van der Waals surface area (Å²) in [5.74, 6) is -0.00221. The number of hydrogen-bond donors (Lipinski definition) is 7. The summed E-state index contributed by atoms with van der Waals surface area (Å²) in [6.45, 7) is -0.641. The van der Waals surface area contributed by atoms with Gasteiger partial charge in [-0.2, -0.15) is 8.42 Å². The van der Waals surface area contributed by atoms with E-state index in [9.17, 15) is 34.0 Å². The van der Waals surface area contributed by atoms with Crippen LogP contribution in [0.1, 0.15) is 5.56 Å². The van der Waals surface area contributed by atoms with E-state index in [0.717, 1.165) is 0 Å². The van der Waals surface area contributed by atoms with Gasteiger partial charge in [-0.1, -0.05) is 16.9 Å². The van der Waals surface area contributed by atoms with Crippen molar-refractivity contribution >= 4 is 38.1 Å². The third-order valence-electron chi connectivity index (χ3n) is 4.43. The molecule has 1 aliphatic heterocycles. The van der Waals surface area contributed by atoms with Gasteiger partial charge in [0.15, 0.2) is 0 Å². The second-order valence-corrected chi connectivity index (χ2v) is 8.70. The Labute approximate surface area is 174 Å². The van der Waals surface area contributed by atoms with E-state index in [-0.39, 0.29) is 17.2 Å². The first kappa shape index (κ1) is 22.8. The number of thioether (sulfide) groups is 1. The summed E-state index contributed by atoms with van der Waals surface area (Å²) in [5, 5.41) is 52.9. The molecular formula is C16H20N2O10S2. The molecule has 0 spiro atoms. The van der Waals surface area contributed by atoms with E-state index >= 15 is 0 Å². The van der Waals surface area contributed by atoms with E-state index in [1.165, 1.54) is 12.1 Å². The minimum absolute atomic E-state index is 0.00221. The lowest BCUT2D eigenvalue weighted by Crippen LogP contribution is -2.57. The molecule has 1 aromatic carbocycles. The third-order valence-corrected chi connectivity index (χ3v) is 5.80. The Balaban J connectivity index is 1.88. The molecule has 30 heavy (non-hydrogen) atoms. The molecule has 3 rings (SSSR count). The molecule has 0 aliphatic carbocycles. The molecule has 2 heterocycles. The van der Waals surface area contributed by atoms with E-state index in [2.05, 4.69) is 14.4 Å². The van der Waals surface area contributed by atoms with Crippen LogP contribution in [-0.2, 0) is 25.8 Å². The zero-order valence-corrected chi connectivity index (χ0v) is 16.8. The molecular weight excluding hydrogens is 444 g/mol. The zero-order valence-electron chi connectivity index (χ0n) is 15.2. The predicted octanol–water partition coefficient (Wildman–Crippen LogP) is -0.918. The van der Waals surface area contributed by atoms with Crippen molar-refractivity contribution < 1.29 is 47.5 Å². The fraction of sp³-hybridized carbons (Fsp3) is 0.438. The van der Waals surface area contributed by atoms with E-state index < -0.39 is 46.9 Å². The lowest BCUT2D eigenvalue weighted by molar-refractivity contribution is -0.205. The minimum atomic E-state index is -4.92. The van der Waals surface area contributed by atoms with Gasteiger partial charge in [0, 0.05) is 23.5 Å². The molecule has 5 atom stereocenters. The van der Waals surface area contributed by atoms with Crippen LogP contribution in [0.2, 0.25) is 0 Å². The Morgan fingerprint density at radius 1 is 1.23 bits per heavy atom. The van der Waals surface area contributed by atoms with Gasteiger partial charge in [-0.15, -0.1) is 0 Å². The molecule has 0 saturated carbocycles. The number of ether oxygens (including phenoxy) is 1. The van der Waals surface area contributed by atoms with Crippen molar-refractivity contribution in [2.24, 2.45) is 5.16 Å². The average molecular weight is 464 g/mol. The number of oxime groups is 1. The predicted molar refractivity (Wildman–Crippen MR) is 105 cm³/mol. The van der Waals surface area contributed by atoms with Gasteiger partial charge in [-0.05, 0) is 23.8 Å². The smallest absolute Gasteiger partial charge is 0.466 e. The van der Waals surface area contributed by atoms with E-state index in [4.69, 9.17) is 9.29 Å². The number of rotatable bonds is 6. The van der Waals surface area contributed by atoms with Gasteiger partial charge in [-0.3, -0.25) is 4.55 Å². The van der Waals surface area contributed by atoms with Gasteiger partial charge < -0.3 is 35.3 Å². The number of aromatic amines is 1. The third kappa shape index (κ3) is 5.22. The summed E-state index contributed by atoms with van der Waals surface area (Å²) in [7, 11) is -4.92. The Hall–Kier alpha value is -1.91. The highest BCUT2D eigenvalue weighted by Gasteiger charge is 2.44. The molecule has 1 aliphatic rings. The number of hydrogen-bond acceptors (Lipinski definition) is 11. The van der Waals surface area contributed by atoms with Crippen molar-refractivity contribution in [3.8, 4) is 5.75 Å². The Morgan fingerprint density at radius 2 is 1.97 bits per heavy atom. The molecule has 12 nitrogen and oxygen atoms in total. The first-order chi connectivity index (χ1) is 14.1. The van der Waals surface area contributed by atoms with E-state index in [0.29, 0.717) is 28.2 Å². The van der Waals surface area contributed by atoms with Crippen LogP contribution in [0.15, 0.2) is 29.6 Å². The fourth-order valence-electron chi connectivity index (χ4n) is 2.96. The van der Waals surface area contributed by atoms with Gasteiger partial charge in [0.1, 0.15) is 40.6 Å². The molecule has 1 fully saturated rings. The first-order valence-corrected chi connectivity index (χ1v) is 10.8. The van der Waals surface area contributed by atoms with Gasteiger partial charge in [0.05, 0.1) is 6.61 Å². The molecule has 1 aromatic heterocycles. The molecule has 0 bridgehead atoms. The molecule has 166 valence electrons. The lowest BCUT2D eigenvalue weighted by Gasteiger charge is -2.39. The van der Waals surface area contributed by atoms with Crippen LogP contribution in [-0.4, -0.2) is 85.0 Å². The summed E-state index contributed by atoms with van der Waals surface area (Å²) in [5.41, 5.74) is -0.00530. The second kappa shape index (κ2) is 9.07. The maximum absolute atomic E-state index is 10.9. The largest absolute Gasteiger partial charge is 0.508 e. The summed E-state index contributed by atoms with van der Waals surface area (Å²) < 4.78 is 40.2. The SMILES string of the molecule is O=S(=O)(O)O/N=C(\Cc1c[nH]c2ccc(O)cc12)S[C@@H]1O[C@H](CO)[C@@H](O)[C@H](O)[C@H]1O. The number of aliphatic hydroxyl groups excluding tert-OH is 4. The number of benzene rings is 1. The van der Waals surface area contributed by atoms with Crippen molar-refractivity contribution in [2.45, 2.75) is 36.3 Å². The topological polar surface area (TPSA) is 202 Å². The number of aromatic hydroxyl groups is 1. The Morgan fingerprint density at radius 3 is 2.63 bits per heavy atom. The van der Waals surface area contributed by atoms with Crippen LogP contribution in [0.25, 0.3) is 10.9 Å². The number of nitrogens with one attached hydrogen (secondary N) is 1. The number of phenolic OH excluding ortho intramolecular Hbond substituents is 1. The van der Waals surface area contributed by atoms with Crippen LogP contribution in [0.4, 0.5) is 0 Å². The van der Waals surface area contributed by atoms with Gasteiger partial charge >= 0.3 is 10.4 Å². The maximum atomic E-state index is 10.9. The van der Waals surface area contributed by atoms with Crippen molar-refractivity contribution in [3.63, 3.8) is 0 Å². The van der Waals surface area contributed by atoms with Crippen LogP contribution in [0.5, 0.6) is 5.75 Å². The number of aromatic nitrogens is 1. The van der Waals surface area contributed by atoms with Gasteiger partial charge in [0.25, 0.3) is 0 Å². The quantitative estimate of drug-likeness (QED) is 0.121. The lowest BCUT2D eigenvalue weighted by atomic mass is 10.0. The standard InChI is InChI=1S/C16H20N2O10S2/c19-6-11-13(21)14(22)15(23)16(27-11)29-12(18-28-30(24,25)26)3-7-5-17-10-2-1-8(20)4-9(7)10/h1-2,4-5,11,13-17,19-23H,3,6H2,(H,24,25,26)/b18-12+/t11-,13-,14+,15-,16+/m1/s1. The number of nitrogens with zero attached hydrogens (tertiary/aromatic N) is 1. The molecule has 14 heteroatoms. The first-order valence-electron chi connectivity index (χ1n) is 8.58. The molecule has 7 N–H and O–H groups in total. The molecule has 0 radical (unpaired) electrons. The van der Waals surface area contributed by atoms with E-state index in [1.807, 2.05) is 0 Å². The highest BCUT2D eigenvalue weighted by molar-refractivity contribution is 8.14. The second-order valence-electron chi connectivity index (χ2n) is 6.52. The number of H-pyrrole nitrogens is 1. The van der Waals surface area contributed by atoms with Crippen LogP contribution >= 0.6 is 11.8 Å². The number of phenols is 1. The monoisotopic (exact) mass is 464 g/mol. The summed E-state index contributed by atoms with van der Waals surface area (Å²) in [4.78, 5) is 2.96. The van der Waals surface area contributed by atoms with E-state index in [1.54, 1.807) is 12.3 Å². The summed E-state index contributed by atoms with van der Waals surface area (Å²) >= 11 is 0.669. The molecule has 0 unspecified atom stereocenters. The normalized spacial score (nSPS) is 28.0. The van der Waals surface area contributed by atoms with Crippen LogP contribution in [0, 0.1) is 0 Å². The van der Waals surface area contributed by atoms with Crippen molar-refractivity contribution in [3.05, 3.63) is 30.0 Å². The van der Waals surface area contributed by atoms with Crippen molar-refractivity contribution in [1.29, 1.82) is 0 Å². The maximum Gasteiger partial charge on any atom is 0.466 e. The number of aliphatic hydroxyl groups is 4. The highest BCUT2D eigenvalue weighted by Crippen LogP contribution is 2.32. The van der Waals surface area contributed by atoms with Crippen LogP contribution in [0.3, 0.4) is 0 Å². The molecule has 2 aromatic rings. The number of fused-ring (bicyclic) bond motifs is 1. The summed E-state index contributed by atoms with van der Waals surface area (Å²) in [6.07, 6.45) is -4.46. The minimum Gasteiger partial charge on any atom is -0.508 e. The molecule has 0 amide bonds. The Bertz CT molecular complexity index is 1020. The van der Waals surface area contributed by atoms with Crippen LogP contribution < -0.4 is 0 Å². The zero-order chi connectivity index (χ0) is 22.1. The fourth-order valence-corrected chi connectivity index (χ4v) is 4.28. The molecule has 1 saturated heterocycles. The van der Waals surface area contributed by atoms with Gasteiger partial charge in [-0.25, -0.2) is 4.28 Å². The summed E-state index contributed by atoms with van der Waals surface area (Å²) in [6, 6.07) is 4.58. The average Bonchev–Trinajstić information content (AvgIpc) is 3.07. The Kier molecular flexibility index (Phi) is 6.88. The van der Waals surface area contributed by atoms with Crippen molar-refractivity contribution in [2.75, 3.05) is 6.61 Å². The van der Waals surface area contributed by atoms with Crippen molar-refractivity contribution in [1.82, 2.24) is 4.98 Å². The van der Waals surface area contributed by atoms with Gasteiger partial charge in [0.2, 0.25) is 0 Å². The highest BCUT2D eigenvalue weighted by atomic mass is 32.3.